The largest absolute Gasteiger partial charge is 0.496 e. The van der Waals surface area contributed by atoms with E-state index in [4.69, 9.17) is 10.5 Å². The molecular weight excluding hydrogens is 252 g/mol. The number of sulfonamides is 1. The number of nitrogens with zero attached hydrogens (tertiary/aromatic N) is 1. The molecule has 0 saturated heterocycles. The maximum absolute atomic E-state index is 12.3. The van der Waals surface area contributed by atoms with Gasteiger partial charge < -0.3 is 10.5 Å². The number of hydrogen-bond donors (Lipinski definition) is 1. The fourth-order valence-corrected chi connectivity index (χ4v) is 2.94. The molecule has 0 saturated carbocycles. The minimum absolute atomic E-state index is 0.0987. The minimum atomic E-state index is -3.47. The maximum Gasteiger partial charge on any atom is 0.243 e. The predicted molar refractivity (Wildman–Crippen MR) is 71.0 cm³/mol. The van der Waals surface area contributed by atoms with E-state index < -0.39 is 10.0 Å². The quantitative estimate of drug-likeness (QED) is 0.873. The fourth-order valence-electron chi connectivity index (χ4n) is 1.52. The van der Waals surface area contributed by atoms with Gasteiger partial charge in [-0.2, -0.15) is 4.31 Å². The minimum Gasteiger partial charge on any atom is -0.496 e. The standard InChI is InChI=1S/C12H20N2O3S/c1-9(2)14(3)18(15,16)11-5-6-12(17-4)10(7-11)8-13/h5-7,9H,8,13H2,1-4H3. The zero-order valence-corrected chi connectivity index (χ0v) is 12.0. The Bertz CT molecular complexity index is 512. The van der Waals surface area contributed by atoms with E-state index in [1.807, 2.05) is 13.8 Å². The molecule has 6 heteroatoms. The van der Waals surface area contributed by atoms with Crippen LogP contribution in [0.25, 0.3) is 0 Å². The topological polar surface area (TPSA) is 72.6 Å². The van der Waals surface area contributed by atoms with Crippen molar-refractivity contribution in [2.45, 2.75) is 31.3 Å². The van der Waals surface area contributed by atoms with E-state index >= 15 is 0 Å². The third kappa shape index (κ3) is 2.82. The number of benzene rings is 1. The van der Waals surface area contributed by atoms with E-state index in [1.54, 1.807) is 19.2 Å². The van der Waals surface area contributed by atoms with Crippen LogP contribution in [-0.4, -0.2) is 32.9 Å². The van der Waals surface area contributed by atoms with Crippen molar-refractivity contribution in [3.05, 3.63) is 23.8 Å². The highest BCUT2D eigenvalue weighted by Gasteiger charge is 2.23. The molecule has 0 unspecified atom stereocenters. The summed E-state index contributed by atoms with van der Waals surface area (Å²) in [4.78, 5) is 0.236. The van der Waals surface area contributed by atoms with Gasteiger partial charge in [0.25, 0.3) is 0 Å². The van der Waals surface area contributed by atoms with Gasteiger partial charge in [-0.25, -0.2) is 8.42 Å². The molecule has 0 aliphatic rings. The van der Waals surface area contributed by atoms with E-state index in [9.17, 15) is 8.42 Å². The molecule has 1 aromatic carbocycles. The number of nitrogens with two attached hydrogens (primary N) is 1. The molecule has 18 heavy (non-hydrogen) atoms. The first-order valence-electron chi connectivity index (χ1n) is 5.69. The van der Waals surface area contributed by atoms with Crippen molar-refractivity contribution in [1.29, 1.82) is 0 Å². The van der Waals surface area contributed by atoms with Crippen molar-refractivity contribution < 1.29 is 13.2 Å². The van der Waals surface area contributed by atoms with Crippen LogP contribution in [0.2, 0.25) is 0 Å². The van der Waals surface area contributed by atoms with Gasteiger partial charge in [0.05, 0.1) is 12.0 Å². The van der Waals surface area contributed by atoms with E-state index in [1.165, 1.54) is 17.5 Å². The van der Waals surface area contributed by atoms with E-state index in [-0.39, 0.29) is 17.5 Å². The van der Waals surface area contributed by atoms with Crippen LogP contribution in [0.3, 0.4) is 0 Å². The average Bonchev–Trinajstić information content (AvgIpc) is 2.36. The Morgan fingerprint density at radius 3 is 2.44 bits per heavy atom. The van der Waals surface area contributed by atoms with Gasteiger partial charge in [-0.3, -0.25) is 0 Å². The second kappa shape index (κ2) is 5.69. The first kappa shape index (κ1) is 14.9. The lowest BCUT2D eigenvalue weighted by molar-refractivity contribution is 0.406. The van der Waals surface area contributed by atoms with Gasteiger partial charge in [0.1, 0.15) is 5.75 Å². The summed E-state index contributed by atoms with van der Waals surface area (Å²) in [6.45, 7) is 3.88. The zero-order chi connectivity index (χ0) is 13.9. The number of methoxy groups -OCH3 is 1. The first-order valence-corrected chi connectivity index (χ1v) is 7.13. The molecule has 0 atom stereocenters. The molecular formula is C12H20N2O3S. The summed E-state index contributed by atoms with van der Waals surface area (Å²) >= 11 is 0. The van der Waals surface area contributed by atoms with Crippen LogP contribution in [-0.2, 0) is 16.6 Å². The smallest absolute Gasteiger partial charge is 0.243 e. The van der Waals surface area contributed by atoms with Gasteiger partial charge in [-0.1, -0.05) is 0 Å². The van der Waals surface area contributed by atoms with Gasteiger partial charge in [0.15, 0.2) is 0 Å². The number of ether oxygens (including phenoxy) is 1. The third-order valence-corrected chi connectivity index (χ3v) is 4.91. The fraction of sp³-hybridized carbons (Fsp3) is 0.500. The summed E-state index contributed by atoms with van der Waals surface area (Å²) in [7, 11) is -0.381. The average molecular weight is 272 g/mol. The molecule has 5 nitrogen and oxygen atoms in total. The Kier molecular flexibility index (Phi) is 4.72. The molecule has 1 rings (SSSR count). The van der Waals surface area contributed by atoms with E-state index in [0.717, 1.165) is 0 Å². The van der Waals surface area contributed by atoms with Crippen LogP contribution in [0.4, 0.5) is 0 Å². The molecule has 0 bridgehead atoms. The lowest BCUT2D eigenvalue weighted by Crippen LogP contribution is -2.33. The van der Waals surface area contributed by atoms with Crippen LogP contribution in [0, 0.1) is 0 Å². The van der Waals surface area contributed by atoms with Crippen LogP contribution in [0.1, 0.15) is 19.4 Å². The van der Waals surface area contributed by atoms with Crippen molar-refractivity contribution >= 4 is 10.0 Å². The Morgan fingerprint density at radius 1 is 1.39 bits per heavy atom. The van der Waals surface area contributed by atoms with Gasteiger partial charge in [-0.15, -0.1) is 0 Å². The summed E-state index contributed by atoms with van der Waals surface area (Å²) in [6, 6.07) is 4.63. The van der Waals surface area contributed by atoms with Gasteiger partial charge in [-0.05, 0) is 32.0 Å². The lowest BCUT2D eigenvalue weighted by atomic mass is 10.2. The van der Waals surface area contributed by atoms with Crippen molar-refractivity contribution in [2.75, 3.05) is 14.2 Å². The molecule has 0 spiro atoms. The number of hydrogen-bond acceptors (Lipinski definition) is 4. The highest BCUT2D eigenvalue weighted by molar-refractivity contribution is 7.89. The van der Waals surface area contributed by atoms with Crippen LogP contribution in [0.15, 0.2) is 23.1 Å². The molecule has 0 radical (unpaired) electrons. The first-order chi connectivity index (χ1) is 8.34. The molecule has 102 valence electrons. The van der Waals surface area contributed by atoms with Crippen LogP contribution >= 0.6 is 0 Å². The van der Waals surface area contributed by atoms with Crippen molar-refractivity contribution in [1.82, 2.24) is 4.31 Å². The zero-order valence-electron chi connectivity index (χ0n) is 11.2. The summed E-state index contributed by atoms with van der Waals surface area (Å²) in [6.07, 6.45) is 0. The third-order valence-electron chi connectivity index (χ3n) is 2.88. The Balaban J connectivity index is 3.26. The molecule has 0 fully saturated rings. The SMILES string of the molecule is COc1ccc(S(=O)(=O)N(C)C(C)C)cc1CN. The van der Waals surface area contributed by atoms with Gasteiger partial charge in [0.2, 0.25) is 10.0 Å². The van der Waals surface area contributed by atoms with Crippen molar-refractivity contribution in [3.63, 3.8) is 0 Å². The van der Waals surface area contributed by atoms with Crippen molar-refractivity contribution in [2.24, 2.45) is 5.73 Å². The Hall–Kier alpha value is -1.11. The monoisotopic (exact) mass is 272 g/mol. The molecule has 0 aromatic heterocycles. The summed E-state index contributed by atoms with van der Waals surface area (Å²) in [5, 5.41) is 0. The Morgan fingerprint density at radius 2 is 2.00 bits per heavy atom. The molecule has 0 amide bonds. The second-order valence-electron chi connectivity index (χ2n) is 4.29. The predicted octanol–water partition coefficient (Wildman–Crippen LogP) is 1.18. The molecule has 2 N–H and O–H groups in total. The highest BCUT2D eigenvalue weighted by Crippen LogP contribution is 2.24. The summed E-state index contributed by atoms with van der Waals surface area (Å²) < 4.78 is 31.0. The maximum atomic E-state index is 12.3. The van der Waals surface area contributed by atoms with Gasteiger partial charge in [0, 0.05) is 25.2 Å². The van der Waals surface area contributed by atoms with Crippen LogP contribution < -0.4 is 10.5 Å². The number of rotatable bonds is 5. The summed E-state index contributed by atoms with van der Waals surface area (Å²) in [5.41, 5.74) is 6.26. The highest BCUT2D eigenvalue weighted by atomic mass is 32.2. The van der Waals surface area contributed by atoms with Crippen LogP contribution in [0.5, 0.6) is 5.75 Å². The molecule has 0 aliphatic carbocycles. The molecule has 0 heterocycles. The Labute approximate surface area is 109 Å². The normalized spacial score (nSPS) is 12.2. The van der Waals surface area contributed by atoms with E-state index in [2.05, 4.69) is 0 Å². The molecule has 0 aliphatic heterocycles. The van der Waals surface area contributed by atoms with E-state index in [0.29, 0.717) is 11.3 Å². The van der Waals surface area contributed by atoms with Crippen molar-refractivity contribution in [3.8, 4) is 5.75 Å². The van der Waals surface area contributed by atoms with Gasteiger partial charge >= 0.3 is 0 Å². The summed E-state index contributed by atoms with van der Waals surface area (Å²) in [5.74, 6) is 0.601. The lowest BCUT2D eigenvalue weighted by Gasteiger charge is -2.21. The second-order valence-corrected chi connectivity index (χ2v) is 6.29. The molecule has 1 aromatic rings.